The van der Waals surface area contributed by atoms with Crippen LogP contribution in [0.3, 0.4) is 0 Å². The smallest absolute Gasteiger partial charge is 0.275 e. The van der Waals surface area contributed by atoms with Gasteiger partial charge in [0, 0.05) is 5.38 Å². The SMILES string of the molecule is CC1(N=C2Nc3c(Cl)csc3S(=O)(=O)N2)CCCCC1. The van der Waals surface area contributed by atoms with Crippen molar-refractivity contribution in [3.8, 4) is 0 Å². The molecule has 5 nitrogen and oxygen atoms in total. The summed E-state index contributed by atoms with van der Waals surface area (Å²) in [4.78, 5) is 4.60. The Kier molecular flexibility index (Phi) is 3.46. The Labute approximate surface area is 127 Å². The van der Waals surface area contributed by atoms with Crippen molar-refractivity contribution in [1.82, 2.24) is 4.72 Å². The minimum Gasteiger partial charge on any atom is -0.322 e. The van der Waals surface area contributed by atoms with Gasteiger partial charge in [-0.1, -0.05) is 30.9 Å². The van der Waals surface area contributed by atoms with Crippen molar-refractivity contribution in [3.63, 3.8) is 0 Å². The molecular weight excluding hydrogens is 318 g/mol. The summed E-state index contributed by atoms with van der Waals surface area (Å²) in [5.41, 5.74) is 0.233. The highest BCUT2D eigenvalue weighted by Gasteiger charge is 2.33. The first kappa shape index (κ1) is 14.2. The predicted molar refractivity (Wildman–Crippen MR) is 82.2 cm³/mol. The molecule has 1 aliphatic carbocycles. The Morgan fingerprint density at radius 3 is 2.75 bits per heavy atom. The van der Waals surface area contributed by atoms with Crippen molar-refractivity contribution in [2.75, 3.05) is 5.32 Å². The van der Waals surface area contributed by atoms with E-state index in [-0.39, 0.29) is 15.7 Å². The summed E-state index contributed by atoms with van der Waals surface area (Å²) in [5, 5.41) is 5.04. The van der Waals surface area contributed by atoms with Crippen LogP contribution in [0.1, 0.15) is 39.0 Å². The summed E-state index contributed by atoms with van der Waals surface area (Å²) in [6.07, 6.45) is 5.43. The third kappa shape index (κ3) is 2.54. The first-order chi connectivity index (χ1) is 9.40. The largest absolute Gasteiger partial charge is 0.322 e. The highest BCUT2D eigenvalue weighted by Crippen LogP contribution is 2.38. The van der Waals surface area contributed by atoms with E-state index in [4.69, 9.17) is 11.6 Å². The maximum Gasteiger partial charge on any atom is 0.275 e. The van der Waals surface area contributed by atoms with Gasteiger partial charge in [0.2, 0.25) is 5.96 Å². The molecule has 8 heteroatoms. The van der Waals surface area contributed by atoms with E-state index in [0.29, 0.717) is 10.7 Å². The van der Waals surface area contributed by atoms with Crippen molar-refractivity contribution in [2.24, 2.45) is 4.99 Å². The molecule has 0 bridgehead atoms. The molecule has 0 saturated heterocycles. The number of fused-ring (bicyclic) bond motifs is 1. The van der Waals surface area contributed by atoms with E-state index in [0.717, 1.165) is 37.0 Å². The minimum absolute atomic E-state index is 0.205. The molecular formula is C12H16ClN3O2S2. The number of rotatable bonds is 1. The summed E-state index contributed by atoms with van der Waals surface area (Å²) in [7, 11) is -3.56. The number of halogens is 1. The maximum absolute atomic E-state index is 12.2. The molecule has 1 aromatic rings. The fourth-order valence-corrected chi connectivity index (χ4v) is 5.34. The van der Waals surface area contributed by atoms with Crippen LogP contribution in [0.15, 0.2) is 14.6 Å². The van der Waals surface area contributed by atoms with Gasteiger partial charge < -0.3 is 5.32 Å². The maximum atomic E-state index is 12.2. The average Bonchev–Trinajstić information content (AvgIpc) is 2.71. The molecule has 1 aromatic heterocycles. The van der Waals surface area contributed by atoms with Crippen molar-refractivity contribution < 1.29 is 8.42 Å². The molecule has 110 valence electrons. The third-order valence-corrected chi connectivity index (χ3v) is 7.04. The summed E-state index contributed by atoms with van der Waals surface area (Å²) in [6, 6.07) is 0. The Bertz CT molecular complexity index is 660. The quantitative estimate of drug-likeness (QED) is 0.829. The van der Waals surface area contributed by atoms with Crippen LogP contribution >= 0.6 is 22.9 Å². The zero-order chi connectivity index (χ0) is 14.4. The van der Waals surface area contributed by atoms with Gasteiger partial charge in [-0.2, -0.15) is 0 Å². The molecule has 2 N–H and O–H groups in total. The van der Waals surface area contributed by atoms with Gasteiger partial charge in [0.15, 0.2) is 4.21 Å². The summed E-state index contributed by atoms with van der Waals surface area (Å²) in [6.45, 7) is 2.07. The van der Waals surface area contributed by atoms with E-state index in [2.05, 4.69) is 22.0 Å². The van der Waals surface area contributed by atoms with E-state index in [9.17, 15) is 8.42 Å². The van der Waals surface area contributed by atoms with Crippen LogP contribution < -0.4 is 10.0 Å². The topological polar surface area (TPSA) is 70.6 Å². The molecule has 2 aliphatic rings. The fourth-order valence-electron chi connectivity index (χ4n) is 2.69. The number of anilines is 1. The Hall–Kier alpha value is -0.790. The van der Waals surface area contributed by atoms with Crippen LogP contribution in [-0.4, -0.2) is 19.9 Å². The molecule has 1 aliphatic heterocycles. The number of hydrogen-bond acceptors (Lipinski definition) is 4. The van der Waals surface area contributed by atoms with Crippen LogP contribution in [0.4, 0.5) is 5.69 Å². The Morgan fingerprint density at radius 2 is 2.05 bits per heavy atom. The number of guanidine groups is 1. The lowest BCUT2D eigenvalue weighted by atomic mass is 9.84. The van der Waals surface area contributed by atoms with Crippen molar-refractivity contribution >= 4 is 44.6 Å². The normalized spacial score (nSPS) is 25.6. The molecule has 1 saturated carbocycles. The molecule has 0 spiro atoms. The highest BCUT2D eigenvalue weighted by atomic mass is 35.5. The van der Waals surface area contributed by atoms with Gasteiger partial charge in [0.1, 0.15) is 0 Å². The van der Waals surface area contributed by atoms with Gasteiger partial charge >= 0.3 is 0 Å². The lowest BCUT2D eigenvalue weighted by Crippen LogP contribution is -2.42. The predicted octanol–water partition coefficient (Wildman–Crippen LogP) is 3.18. The lowest BCUT2D eigenvalue weighted by Gasteiger charge is -2.31. The number of hydrogen-bond donors (Lipinski definition) is 2. The van der Waals surface area contributed by atoms with E-state index < -0.39 is 10.0 Å². The molecule has 1 fully saturated rings. The molecule has 0 amide bonds. The third-order valence-electron chi connectivity index (χ3n) is 3.74. The number of sulfonamides is 1. The van der Waals surface area contributed by atoms with Crippen LogP contribution in [-0.2, 0) is 10.0 Å². The van der Waals surface area contributed by atoms with Gasteiger partial charge in [-0.3, -0.25) is 0 Å². The summed E-state index contributed by atoms with van der Waals surface area (Å²) >= 11 is 7.13. The van der Waals surface area contributed by atoms with Gasteiger partial charge in [-0.05, 0) is 19.8 Å². The highest BCUT2D eigenvalue weighted by molar-refractivity contribution is 7.92. The van der Waals surface area contributed by atoms with Gasteiger partial charge in [0.25, 0.3) is 10.0 Å². The Morgan fingerprint density at radius 1 is 1.35 bits per heavy atom. The fraction of sp³-hybridized carbons (Fsp3) is 0.583. The summed E-state index contributed by atoms with van der Waals surface area (Å²) < 4.78 is 27.0. The van der Waals surface area contributed by atoms with Crippen molar-refractivity contribution in [2.45, 2.75) is 48.8 Å². The molecule has 0 unspecified atom stereocenters. The monoisotopic (exact) mass is 333 g/mol. The molecule has 0 aromatic carbocycles. The number of thiophene rings is 1. The average molecular weight is 334 g/mol. The van der Waals surface area contributed by atoms with Gasteiger partial charge in [0.05, 0.1) is 16.2 Å². The van der Waals surface area contributed by atoms with E-state index in [1.165, 1.54) is 6.42 Å². The molecule has 0 radical (unpaired) electrons. The second-order valence-electron chi connectivity index (χ2n) is 5.49. The first-order valence-electron chi connectivity index (χ1n) is 6.56. The molecule has 20 heavy (non-hydrogen) atoms. The molecule has 2 heterocycles. The van der Waals surface area contributed by atoms with Crippen LogP contribution in [0.25, 0.3) is 0 Å². The Balaban J connectivity index is 1.96. The van der Waals surface area contributed by atoms with Crippen LogP contribution in [0.5, 0.6) is 0 Å². The number of aliphatic imine (C=N–C) groups is 1. The van der Waals surface area contributed by atoms with Crippen molar-refractivity contribution in [1.29, 1.82) is 0 Å². The molecule has 3 rings (SSSR count). The van der Waals surface area contributed by atoms with E-state index >= 15 is 0 Å². The summed E-state index contributed by atoms with van der Waals surface area (Å²) in [5.74, 6) is 0.280. The minimum atomic E-state index is -3.56. The van der Waals surface area contributed by atoms with Crippen LogP contribution in [0.2, 0.25) is 5.02 Å². The van der Waals surface area contributed by atoms with Gasteiger partial charge in [-0.25, -0.2) is 18.1 Å². The zero-order valence-corrected chi connectivity index (χ0v) is 13.5. The van der Waals surface area contributed by atoms with E-state index in [1.807, 2.05) is 0 Å². The number of nitrogens with zero attached hydrogens (tertiary/aromatic N) is 1. The first-order valence-corrected chi connectivity index (χ1v) is 9.30. The van der Waals surface area contributed by atoms with E-state index in [1.54, 1.807) is 5.38 Å². The van der Waals surface area contributed by atoms with Gasteiger partial charge in [-0.15, -0.1) is 11.3 Å². The second kappa shape index (κ2) is 4.89. The van der Waals surface area contributed by atoms with Crippen LogP contribution in [0, 0.1) is 0 Å². The van der Waals surface area contributed by atoms with Crippen molar-refractivity contribution in [3.05, 3.63) is 10.4 Å². The second-order valence-corrected chi connectivity index (χ2v) is 8.66. The zero-order valence-electron chi connectivity index (χ0n) is 11.1. The number of nitrogens with one attached hydrogen (secondary N) is 2. The molecule has 0 atom stereocenters. The standard InChI is InChI=1S/C12H16ClN3O2S2/c1-12(5-3-2-4-6-12)15-11-14-9-8(13)7-19-10(9)20(17,18)16-11/h7H,2-6H2,1H3,(H2,14,15,16). The lowest BCUT2D eigenvalue weighted by molar-refractivity contribution is 0.324.